The largest absolute Gasteiger partial charge is 0.241 e. The highest BCUT2D eigenvalue weighted by atomic mass is 79.9. The summed E-state index contributed by atoms with van der Waals surface area (Å²) in [4.78, 5) is 4.85. The molecule has 1 fully saturated rings. The van der Waals surface area contributed by atoms with E-state index >= 15 is 0 Å². The van der Waals surface area contributed by atoms with Crippen molar-refractivity contribution in [2.75, 3.05) is 0 Å². The molecule has 0 unspecified atom stereocenters. The van der Waals surface area contributed by atoms with Crippen molar-refractivity contribution in [2.24, 2.45) is 0 Å². The Bertz CT molecular complexity index is 529. The van der Waals surface area contributed by atoms with Crippen molar-refractivity contribution < 1.29 is 0 Å². The van der Waals surface area contributed by atoms with Crippen LogP contribution in [0.4, 0.5) is 0 Å². The van der Waals surface area contributed by atoms with E-state index in [4.69, 9.17) is 4.98 Å². The van der Waals surface area contributed by atoms with Crippen LogP contribution in [0.25, 0.3) is 10.6 Å². The molecule has 94 valence electrons. The van der Waals surface area contributed by atoms with Crippen LogP contribution in [0.2, 0.25) is 0 Å². The van der Waals surface area contributed by atoms with E-state index in [1.807, 2.05) is 6.07 Å². The predicted octanol–water partition coefficient (Wildman–Crippen LogP) is 5.62. The average molecular weight is 322 g/mol. The fourth-order valence-corrected chi connectivity index (χ4v) is 4.17. The molecule has 1 aliphatic rings. The fraction of sp³-hybridized carbons (Fsp3) is 0.400. The van der Waals surface area contributed by atoms with Gasteiger partial charge in [0.05, 0.1) is 5.69 Å². The summed E-state index contributed by atoms with van der Waals surface area (Å²) >= 11 is 5.37. The average Bonchev–Trinajstić information content (AvgIpc) is 2.90. The second-order valence-corrected chi connectivity index (χ2v) is 6.60. The van der Waals surface area contributed by atoms with Gasteiger partial charge in [0.2, 0.25) is 0 Å². The number of rotatable bonds is 2. The molecule has 0 aliphatic heterocycles. The molecule has 0 atom stereocenters. The Hall–Kier alpha value is -0.670. The van der Waals surface area contributed by atoms with Crippen molar-refractivity contribution in [2.45, 2.75) is 38.0 Å². The first kappa shape index (κ1) is 12.4. The fourth-order valence-electron chi connectivity index (χ4n) is 2.63. The van der Waals surface area contributed by atoms with Crippen LogP contribution in [0.1, 0.15) is 43.7 Å². The molecule has 3 rings (SSSR count). The van der Waals surface area contributed by atoms with Crippen LogP contribution in [-0.2, 0) is 0 Å². The van der Waals surface area contributed by atoms with E-state index in [1.165, 1.54) is 43.4 Å². The maximum atomic E-state index is 4.85. The highest BCUT2D eigenvalue weighted by Crippen LogP contribution is 2.36. The first-order valence-corrected chi connectivity index (χ1v) is 8.22. The van der Waals surface area contributed by atoms with Crippen LogP contribution in [0.3, 0.4) is 0 Å². The highest BCUT2D eigenvalue weighted by Gasteiger charge is 2.18. The lowest BCUT2D eigenvalue weighted by molar-refractivity contribution is 0.438. The minimum absolute atomic E-state index is 0.700. The zero-order valence-corrected chi connectivity index (χ0v) is 12.6. The zero-order chi connectivity index (χ0) is 12.4. The van der Waals surface area contributed by atoms with Gasteiger partial charge in [-0.05, 0) is 18.9 Å². The Labute approximate surface area is 120 Å². The van der Waals surface area contributed by atoms with Crippen molar-refractivity contribution >= 4 is 27.3 Å². The summed E-state index contributed by atoms with van der Waals surface area (Å²) < 4.78 is 1.13. The van der Waals surface area contributed by atoms with Crippen molar-refractivity contribution in [3.63, 3.8) is 0 Å². The van der Waals surface area contributed by atoms with E-state index in [0.29, 0.717) is 5.92 Å². The standard InChI is InChI=1S/C15H16BrNS/c16-13-9-5-4-8-12(13)15-17-14(10-18-15)11-6-2-1-3-7-11/h4-5,8-11H,1-3,6-7H2. The molecular weight excluding hydrogens is 306 g/mol. The van der Waals surface area contributed by atoms with Crippen LogP contribution < -0.4 is 0 Å². The summed E-state index contributed by atoms with van der Waals surface area (Å²) in [5, 5.41) is 3.40. The SMILES string of the molecule is Brc1ccccc1-c1nc(C2CCCCC2)cs1. The number of nitrogens with zero attached hydrogens (tertiary/aromatic N) is 1. The summed E-state index contributed by atoms with van der Waals surface area (Å²) in [5.41, 5.74) is 2.52. The van der Waals surface area contributed by atoms with E-state index in [-0.39, 0.29) is 0 Å². The zero-order valence-electron chi connectivity index (χ0n) is 10.2. The third kappa shape index (κ3) is 2.52. The minimum Gasteiger partial charge on any atom is -0.241 e. The molecule has 1 aromatic carbocycles. The monoisotopic (exact) mass is 321 g/mol. The molecule has 3 heteroatoms. The van der Waals surface area contributed by atoms with Gasteiger partial charge in [-0.1, -0.05) is 53.4 Å². The van der Waals surface area contributed by atoms with Gasteiger partial charge in [-0.2, -0.15) is 0 Å². The Kier molecular flexibility index (Phi) is 3.80. The smallest absolute Gasteiger partial charge is 0.124 e. The van der Waals surface area contributed by atoms with E-state index in [2.05, 4.69) is 39.5 Å². The normalized spacial score (nSPS) is 16.9. The molecule has 0 spiro atoms. The van der Waals surface area contributed by atoms with E-state index in [9.17, 15) is 0 Å². The molecule has 0 saturated heterocycles. The van der Waals surface area contributed by atoms with Crippen molar-refractivity contribution in [3.05, 3.63) is 39.8 Å². The summed E-state index contributed by atoms with van der Waals surface area (Å²) in [6.45, 7) is 0. The molecule has 1 aliphatic carbocycles. The summed E-state index contributed by atoms with van der Waals surface area (Å²) in [6.07, 6.45) is 6.77. The third-order valence-corrected chi connectivity index (χ3v) is 5.23. The lowest BCUT2D eigenvalue weighted by Gasteiger charge is -2.19. The molecule has 0 radical (unpaired) electrons. The van der Waals surface area contributed by atoms with Gasteiger partial charge in [-0.25, -0.2) is 4.98 Å². The van der Waals surface area contributed by atoms with Gasteiger partial charge in [0.25, 0.3) is 0 Å². The molecule has 0 amide bonds. The van der Waals surface area contributed by atoms with Crippen LogP contribution in [0.5, 0.6) is 0 Å². The quantitative estimate of drug-likeness (QED) is 0.699. The predicted molar refractivity (Wildman–Crippen MR) is 81.1 cm³/mol. The Morgan fingerprint density at radius 1 is 1.11 bits per heavy atom. The van der Waals surface area contributed by atoms with Gasteiger partial charge in [0, 0.05) is 21.3 Å². The van der Waals surface area contributed by atoms with Gasteiger partial charge in [-0.15, -0.1) is 11.3 Å². The first-order chi connectivity index (χ1) is 8.84. The van der Waals surface area contributed by atoms with Gasteiger partial charge >= 0.3 is 0 Å². The van der Waals surface area contributed by atoms with Gasteiger partial charge in [0.1, 0.15) is 5.01 Å². The van der Waals surface area contributed by atoms with Crippen molar-refractivity contribution in [3.8, 4) is 10.6 Å². The molecule has 0 bridgehead atoms. The van der Waals surface area contributed by atoms with Crippen molar-refractivity contribution in [1.82, 2.24) is 4.98 Å². The molecule has 1 aromatic heterocycles. The topological polar surface area (TPSA) is 12.9 Å². The maximum absolute atomic E-state index is 4.85. The molecule has 0 N–H and O–H groups in total. The maximum Gasteiger partial charge on any atom is 0.124 e. The lowest BCUT2D eigenvalue weighted by Crippen LogP contribution is -2.04. The molecule has 1 saturated carbocycles. The van der Waals surface area contributed by atoms with Crippen LogP contribution in [0.15, 0.2) is 34.1 Å². The number of halogens is 1. The minimum atomic E-state index is 0.700. The number of thiazole rings is 1. The van der Waals surface area contributed by atoms with Gasteiger partial charge < -0.3 is 0 Å². The molecule has 1 nitrogen and oxygen atoms in total. The lowest BCUT2D eigenvalue weighted by atomic mass is 9.87. The molecule has 2 aromatic rings. The van der Waals surface area contributed by atoms with E-state index in [0.717, 1.165) is 9.48 Å². The van der Waals surface area contributed by atoms with Crippen LogP contribution in [0, 0.1) is 0 Å². The molecular formula is C15H16BrNS. The number of benzene rings is 1. The Balaban J connectivity index is 1.87. The summed E-state index contributed by atoms with van der Waals surface area (Å²) in [5.74, 6) is 0.700. The Morgan fingerprint density at radius 3 is 2.67 bits per heavy atom. The third-order valence-electron chi connectivity index (χ3n) is 3.65. The van der Waals surface area contributed by atoms with Gasteiger partial charge in [-0.3, -0.25) is 0 Å². The van der Waals surface area contributed by atoms with E-state index in [1.54, 1.807) is 11.3 Å². The second kappa shape index (κ2) is 5.54. The molecule has 18 heavy (non-hydrogen) atoms. The van der Waals surface area contributed by atoms with Gasteiger partial charge in [0.15, 0.2) is 0 Å². The van der Waals surface area contributed by atoms with Crippen molar-refractivity contribution in [1.29, 1.82) is 0 Å². The first-order valence-electron chi connectivity index (χ1n) is 6.55. The number of aromatic nitrogens is 1. The number of hydrogen-bond acceptors (Lipinski definition) is 2. The number of hydrogen-bond donors (Lipinski definition) is 0. The molecule has 1 heterocycles. The second-order valence-electron chi connectivity index (χ2n) is 4.89. The Morgan fingerprint density at radius 2 is 1.89 bits per heavy atom. The summed E-state index contributed by atoms with van der Waals surface area (Å²) in [6, 6.07) is 8.33. The van der Waals surface area contributed by atoms with Crippen LogP contribution in [-0.4, -0.2) is 4.98 Å². The highest BCUT2D eigenvalue weighted by molar-refractivity contribution is 9.10. The van der Waals surface area contributed by atoms with E-state index < -0.39 is 0 Å². The summed E-state index contributed by atoms with van der Waals surface area (Å²) in [7, 11) is 0. The van der Waals surface area contributed by atoms with Crippen LogP contribution >= 0.6 is 27.3 Å².